The van der Waals surface area contributed by atoms with E-state index in [0.717, 1.165) is 37.5 Å². The fourth-order valence-corrected chi connectivity index (χ4v) is 4.30. The van der Waals surface area contributed by atoms with Crippen molar-refractivity contribution in [2.45, 2.75) is 6.92 Å². The van der Waals surface area contributed by atoms with E-state index in [1.165, 1.54) is 6.33 Å². The predicted molar refractivity (Wildman–Crippen MR) is 143 cm³/mol. The molecule has 2 aromatic carbocycles. The molecule has 12 heteroatoms. The van der Waals surface area contributed by atoms with Crippen molar-refractivity contribution >= 4 is 51.8 Å². The van der Waals surface area contributed by atoms with Crippen molar-refractivity contribution in [3.05, 3.63) is 60.2 Å². The number of ether oxygens (including phenoxy) is 1. The van der Waals surface area contributed by atoms with Crippen molar-refractivity contribution < 1.29 is 9.13 Å². The van der Waals surface area contributed by atoms with Crippen LogP contribution in [0.1, 0.15) is 5.56 Å². The van der Waals surface area contributed by atoms with Gasteiger partial charge in [-0.15, -0.1) is 17.5 Å². The molecule has 37 heavy (non-hydrogen) atoms. The van der Waals surface area contributed by atoms with Gasteiger partial charge in [0.1, 0.15) is 34.7 Å². The average molecular weight is 522 g/mol. The van der Waals surface area contributed by atoms with Crippen LogP contribution in [0, 0.1) is 12.7 Å². The molecule has 0 aliphatic carbocycles. The minimum absolute atomic E-state index is 0. The number of hydrogen-bond donors (Lipinski definition) is 2. The van der Waals surface area contributed by atoms with Crippen LogP contribution in [0.5, 0.6) is 11.5 Å². The van der Waals surface area contributed by atoms with Gasteiger partial charge in [0, 0.05) is 44.9 Å². The largest absolute Gasteiger partial charge is 0.457 e. The molecule has 190 valence electrons. The molecule has 1 saturated heterocycles. The zero-order valence-electron chi connectivity index (χ0n) is 20.3. The second-order valence-electron chi connectivity index (χ2n) is 8.64. The van der Waals surface area contributed by atoms with Crippen LogP contribution < -0.4 is 20.3 Å². The van der Waals surface area contributed by atoms with E-state index in [1.54, 1.807) is 29.8 Å². The summed E-state index contributed by atoms with van der Waals surface area (Å²) in [6.45, 7) is 5.22. The number of piperazine rings is 1. The summed E-state index contributed by atoms with van der Waals surface area (Å²) in [4.78, 5) is 15.7. The number of halogens is 2. The van der Waals surface area contributed by atoms with Crippen molar-refractivity contribution in [2.24, 2.45) is 7.05 Å². The maximum atomic E-state index is 15.4. The van der Waals surface area contributed by atoms with Crippen LogP contribution in [0.2, 0.25) is 0 Å². The molecule has 6 rings (SSSR count). The molecule has 0 radical (unpaired) electrons. The Labute approximate surface area is 218 Å². The zero-order valence-corrected chi connectivity index (χ0v) is 21.1. The van der Waals surface area contributed by atoms with Crippen molar-refractivity contribution in [3.63, 3.8) is 0 Å². The van der Waals surface area contributed by atoms with Gasteiger partial charge < -0.3 is 20.3 Å². The van der Waals surface area contributed by atoms with Crippen LogP contribution in [0.25, 0.3) is 22.1 Å². The number of fused-ring (bicyclic) bond motifs is 2. The summed E-state index contributed by atoms with van der Waals surface area (Å²) in [6.07, 6.45) is 1.45. The molecule has 1 aliphatic rings. The molecule has 4 heterocycles. The van der Waals surface area contributed by atoms with Gasteiger partial charge in [-0.05, 0) is 43.3 Å². The minimum atomic E-state index is -0.432. The monoisotopic (exact) mass is 521 g/mol. The van der Waals surface area contributed by atoms with E-state index in [1.807, 2.05) is 31.3 Å². The van der Waals surface area contributed by atoms with Gasteiger partial charge in [0.2, 0.25) is 0 Å². The second kappa shape index (κ2) is 10.1. The summed E-state index contributed by atoms with van der Waals surface area (Å²) < 4.78 is 23.1. The Hall–Kier alpha value is -4.09. The fourth-order valence-electron chi connectivity index (χ4n) is 4.30. The maximum Gasteiger partial charge on any atom is 0.160 e. The molecule has 5 aromatic rings. The first-order valence-corrected chi connectivity index (χ1v) is 11.7. The number of hydrogen-bond acceptors (Lipinski definition) is 9. The lowest BCUT2D eigenvalue weighted by Gasteiger charge is -2.28. The number of aromatic nitrogens is 6. The van der Waals surface area contributed by atoms with Gasteiger partial charge >= 0.3 is 0 Å². The fraction of sp³-hybridized carbons (Fsp3) is 0.240. The van der Waals surface area contributed by atoms with Crippen molar-refractivity contribution in [1.29, 1.82) is 0 Å². The summed E-state index contributed by atoms with van der Waals surface area (Å²) in [5.74, 6) is 1.82. The highest BCUT2D eigenvalue weighted by atomic mass is 35.5. The van der Waals surface area contributed by atoms with Gasteiger partial charge in [0.15, 0.2) is 11.6 Å². The molecule has 0 spiro atoms. The second-order valence-corrected chi connectivity index (χ2v) is 8.64. The number of benzene rings is 2. The lowest BCUT2D eigenvalue weighted by atomic mass is 10.1. The Bertz CT molecular complexity index is 1590. The molecule has 10 nitrogen and oxygen atoms in total. The number of rotatable bonds is 5. The normalized spacial score (nSPS) is 13.5. The van der Waals surface area contributed by atoms with E-state index < -0.39 is 5.82 Å². The van der Waals surface area contributed by atoms with Gasteiger partial charge in [0.05, 0.1) is 16.7 Å². The highest BCUT2D eigenvalue weighted by molar-refractivity contribution is 5.88. The lowest BCUT2D eigenvalue weighted by Crippen LogP contribution is -2.43. The van der Waals surface area contributed by atoms with E-state index >= 15 is 4.39 Å². The third-order valence-corrected chi connectivity index (χ3v) is 6.31. The summed E-state index contributed by atoms with van der Waals surface area (Å²) in [5.41, 5.74) is 3.50. The first-order chi connectivity index (χ1) is 17.6. The first-order valence-electron chi connectivity index (χ1n) is 11.7. The van der Waals surface area contributed by atoms with Crippen LogP contribution >= 0.6 is 12.4 Å². The molecule has 0 bridgehead atoms. The first kappa shape index (κ1) is 24.6. The van der Waals surface area contributed by atoms with Gasteiger partial charge in [-0.25, -0.2) is 24.0 Å². The molecular weight excluding hydrogens is 497 g/mol. The Morgan fingerprint density at radius 1 is 1.03 bits per heavy atom. The van der Waals surface area contributed by atoms with E-state index in [0.29, 0.717) is 39.4 Å². The van der Waals surface area contributed by atoms with Gasteiger partial charge in [-0.2, -0.15) is 0 Å². The summed E-state index contributed by atoms with van der Waals surface area (Å²) in [7, 11) is 1.82. The van der Waals surface area contributed by atoms with Crippen molar-refractivity contribution in [3.8, 4) is 11.5 Å². The van der Waals surface area contributed by atoms with Crippen LogP contribution in [0.3, 0.4) is 0 Å². The van der Waals surface area contributed by atoms with Crippen molar-refractivity contribution in [2.75, 3.05) is 36.4 Å². The number of aryl methyl sites for hydroxylation is 1. The van der Waals surface area contributed by atoms with E-state index in [-0.39, 0.29) is 18.1 Å². The molecule has 0 atom stereocenters. The Morgan fingerprint density at radius 2 is 1.86 bits per heavy atom. The predicted octanol–water partition coefficient (Wildman–Crippen LogP) is 4.12. The minimum Gasteiger partial charge on any atom is -0.457 e. The molecule has 1 fully saturated rings. The van der Waals surface area contributed by atoms with Gasteiger partial charge in [0.25, 0.3) is 0 Å². The van der Waals surface area contributed by atoms with Crippen LogP contribution in [0.15, 0.2) is 48.8 Å². The highest BCUT2D eigenvalue weighted by Gasteiger charge is 2.17. The van der Waals surface area contributed by atoms with E-state index in [9.17, 15) is 0 Å². The van der Waals surface area contributed by atoms with Crippen LogP contribution in [0.4, 0.5) is 21.7 Å². The molecule has 1 aliphatic heterocycles. The van der Waals surface area contributed by atoms with E-state index in [4.69, 9.17) is 9.72 Å². The zero-order chi connectivity index (χ0) is 24.6. The molecule has 3 aromatic heterocycles. The quantitative estimate of drug-likeness (QED) is 0.353. The number of anilines is 3. The summed E-state index contributed by atoms with van der Waals surface area (Å²) in [6, 6.07) is 12.7. The number of pyridine rings is 1. The number of nitrogens with zero attached hydrogens (tertiary/aromatic N) is 7. The average Bonchev–Trinajstić information content (AvgIpc) is 3.28. The molecule has 0 amide bonds. The Balaban J connectivity index is 0.00000280. The van der Waals surface area contributed by atoms with Crippen molar-refractivity contribution in [1.82, 2.24) is 35.3 Å². The Kier molecular flexibility index (Phi) is 6.72. The maximum absolute atomic E-state index is 15.4. The topological polar surface area (TPSA) is 106 Å². The Morgan fingerprint density at radius 3 is 2.70 bits per heavy atom. The SMILES string of the molecule is Cc1c(Oc2ccc3c(c2)nnn3C)ccc(Nc2ncnc3ccc(N4CCNCC4)nc23)c1F.Cl. The van der Waals surface area contributed by atoms with Crippen LogP contribution in [-0.2, 0) is 7.05 Å². The molecular formula is C25H25ClFN9O. The molecule has 0 saturated carbocycles. The van der Waals surface area contributed by atoms with E-state index in [2.05, 4.69) is 35.8 Å². The number of nitrogens with one attached hydrogen (secondary N) is 2. The smallest absolute Gasteiger partial charge is 0.160 e. The standard InChI is InChI=1S/C25H24FN9O.ClH/c1-15-21(36-16-3-6-20-19(13-16)32-33-34(20)2)7-4-17(23(15)26)30-25-24-18(28-14-29-25)5-8-22(31-24)35-11-9-27-10-12-35;/h3-8,13-14,27H,9-12H2,1-2H3,(H,28,29,30);1H. The molecule has 0 unspecified atom stereocenters. The van der Waals surface area contributed by atoms with Gasteiger partial charge in [-0.1, -0.05) is 5.21 Å². The van der Waals surface area contributed by atoms with Crippen LogP contribution in [-0.4, -0.2) is 56.1 Å². The highest BCUT2D eigenvalue weighted by Crippen LogP contribution is 2.33. The summed E-state index contributed by atoms with van der Waals surface area (Å²) >= 11 is 0. The lowest BCUT2D eigenvalue weighted by molar-refractivity contribution is 0.472. The molecule has 2 N–H and O–H groups in total. The third kappa shape index (κ3) is 4.70. The summed E-state index contributed by atoms with van der Waals surface area (Å²) in [5, 5.41) is 14.6. The van der Waals surface area contributed by atoms with Gasteiger partial charge in [-0.3, -0.25) is 0 Å². The third-order valence-electron chi connectivity index (χ3n) is 6.31.